The van der Waals surface area contributed by atoms with Crippen molar-refractivity contribution in [3.05, 3.63) is 33.5 Å². The fourth-order valence-corrected chi connectivity index (χ4v) is 13.7. The third kappa shape index (κ3) is 5.14. The van der Waals surface area contributed by atoms with E-state index in [2.05, 4.69) is 53.6 Å². The summed E-state index contributed by atoms with van der Waals surface area (Å²) in [6.45, 7) is 20.4. The van der Waals surface area contributed by atoms with E-state index in [1.807, 2.05) is 12.1 Å². The van der Waals surface area contributed by atoms with Crippen molar-refractivity contribution in [1.29, 1.82) is 0 Å². The molecule has 0 radical (unpaired) electrons. The lowest BCUT2D eigenvalue weighted by Crippen LogP contribution is -2.66. The van der Waals surface area contributed by atoms with E-state index in [4.69, 9.17) is 25.9 Å². The minimum absolute atomic E-state index is 0.111. The average molecular weight is 725 g/mol. The van der Waals surface area contributed by atoms with Gasteiger partial charge in [-0.15, -0.1) is 21.5 Å². The normalized spacial score (nSPS) is 37.9. The number of carboxylic acid groups (broad SMARTS) is 1. The Labute approximate surface area is 307 Å². The molecule has 274 valence electrons. The second kappa shape index (κ2) is 11.9. The summed E-state index contributed by atoms with van der Waals surface area (Å²) in [5, 5.41) is 19.0. The van der Waals surface area contributed by atoms with Crippen LogP contribution < -0.4 is 0 Å². The SMILES string of the molecule is CC(C)C1=C2C3CCC4C5(C)CCC(OC(=O)CC(C)(C)C(=O)O)C(C)(C)C5CCC4(C)C3(C)CCC2(c2nnc(-c3ccc(Cl)s3)o2)CC1. The van der Waals surface area contributed by atoms with E-state index in [0.717, 1.165) is 60.0 Å². The number of rotatable bonds is 7. The number of hydrogen-bond donors (Lipinski definition) is 1. The van der Waals surface area contributed by atoms with Crippen molar-refractivity contribution in [3.8, 4) is 10.8 Å². The minimum Gasteiger partial charge on any atom is -0.481 e. The molecule has 4 fully saturated rings. The Morgan fingerprint density at radius 1 is 0.980 bits per heavy atom. The number of aliphatic carboxylic acids is 1. The number of carbonyl (C=O) groups excluding carboxylic acids is 1. The summed E-state index contributed by atoms with van der Waals surface area (Å²) in [5.41, 5.74) is 2.17. The molecule has 7 nitrogen and oxygen atoms in total. The van der Waals surface area contributed by atoms with Gasteiger partial charge < -0.3 is 14.3 Å². The summed E-state index contributed by atoms with van der Waals surface area (Å²) >= 11 is 7.76. The van der Waals surface area contributed by atoms with Gasteiger partial charge in [0.15, 0.2) is 0 Å². The number of allylic oxidation sites excluding steroid dienone is 2. The summed E-state index contributed by atoms with van der Waals surface area (Å²) in [6, 6.07) is 3.87. The second-order valence-corrected chi connectivity index (χ2v) is 20.7. The van der Waals surface area contributed by atoms with Gasteiger partial charge in [-0.25, -0.2) is 0 Å². The minimum atomic E-state index is -1.14. The van der Waals surface area contributed by atoms with Crippen LogP contribution in [0.5, 0.6) is 0 Å². The lowest BCUT2D eigenvalue weighted by molar-refractivity contribution is -0.232. The molecule has 0 bridgehead atoms. The Morgan fingerprint density at radius 3 is 2.38 bits per heavy atom. The van der Waals surface area contributed by atoms with Crippen LogP contribution in [0.2, 0.25) is 4.34 Å². The molecule has 2 heterocycles. The topological polar surface area (TPSA) is 103 Å². The van der Waals surface area contributed by atoms with E-state index >= 15 is 0 Å². The molecule has 0 spiro atoms. The van der Waals surface area contributed by atoms with Crippen LogP contribution in [0.4, 0.5) is 0 Å². The number of aromatic nitrogens is 2. The third-order valence-corrected chi connectivity index (χ3v) is 16.9. The first-order valence-electron chi connectivity index (χ1n) is 19.1. The van der Waals surface area contributed by atoms with Crippen LogP contribution in [0.15, 0.2) is 27.7 Å². The highest BCUT2D eigenvalue weighted by molar-refractivity contribution is 7.19. The maximum atomic E-state index is 13.1. The van der Waals surface area contributed by atoms with E-state index in [1.54, 1.807) is 25.0 Å². The zero-order valence-corrected chi connectivity index (χ0v) is 33.2. The number of fused-ring (bicyclic) bond motifs is 7. The summed E-state index contributed by atoms with van der Waals surface area (Å²) in [6.07, 6.45) is 10.5. The van der Waals surface area contributed by atoms with Gasteiger partial charge in [0.05, 0.1) is 26.5 Å². The number of thiophene rings is 1. The van der Waals surface area contributed by atoms with Crippen LogP contribution in [0, 0.1) is 50.7 Å². The lowest BCUT2D eigenvalue weighted by atomic mass is 9.33. The first kappa shape index (κ1) is 36.2. The lowest BCUT2D eigenvalue weighted by Gasteiger charge is -2.72. The van der Waals surface area contributed by atoms with Gasteiger partial charge in [0, 0.05) is 5.41 Å². The summed E-state index contributed by atoms with van der Waals surface area (Å²) in [7, 11) is 0. The number of halogens is 1. The van der Waals surface area contributed by atoms with E-state index in [1.165, 1.54) is 30.6 Å². The number of carboxylic acids is 1. The zero-order chi connectivity index (χ0) is 36.2. The molecule has 5 aliphatic rings. The van der Waals surface area contributed by atoms with Gasteiger partial charge in [-0.1, -0.05) is 71.2 Å². The third-order valence-electron chi connectivity index (χ3n) is 15.7. The standard InChI is InChI=1S/C41H57ClN2O5S/c1-23(2)24-14-19-41(34-44-43-33(49-34)26-11-13-30(42)50-26)21-20-39(8)25(32(24)41)10-12-28-38(7)17-16-29(48-31(45)22-36(3,4)35(46)47)37(5,6)27(38)15-18-40(28,39)9/h11,13,23,25,27-29H,10,12,14-22H2,1-9H3,(H,46,47). The van der Waals surface area contributed by atoms with E-state index < -0.39 is 17.4 Å². The van der Waals surface area contributed by atoms with Crippen molar-refractivity contribution >= 4 is 34.9 Å². The number of nitrogens with zero attached hydrogens (tertiary/aromatic N) is 2. The van der Waals surface area contributed by atoms with Crippen molar-refractivity contribution in [2.75, 3.05) is 0 Å². The Kier molecular flexibility index (Phi) is 8.62. The molecule has 4 saturated carbocycles. The van der Waals surface area contributed by atoms with Crippen molar-refractivity contribution < 1.29 is 23.8 Å². The smallest absolute Gasteiger partial charge is 0.309 e. The second-order valence-electron chi connectivity index (χ2n) is 19.0. The molecule has 1 N–H and O–H groups in total. The molecule has 50 heavy (non-hydrogen) atoms. The summed E-state index contributed by atoms with van der Waals surface area (Å²) in [5.74, 6) is 1.97. The summed E-state index contributed by atoms with van der Waals surface area (Å²) < 4.78 is 13.5. The summed E-state index contributed by atoms with van der Waals surface area (Å²) in [4.78, 5) is 25.7. The Hall–Kier alpha value is -2.19. The highest BCUT2D eigenvalue weighted by Gasteiger charge is 2.70. The predicted molar refractivity (Wildman–Crippen MR) is 197 cm³/mol. The fourth-order valence-electron chi connectivity index (χ4n) is 12.8. The van der Waals surface area contributed by atoms with Crippen LogP contribution in [-0.4, -0.2) is 33.3 Å². The molecular weight excluding hydrogens is 668 g/mol. The number of carbonyl (C=O) groups is 2. The largest absolute Gasteiger partial charge is 0.481 e. The monoisotopic (exact) mass is 724 g/mol. The molecular formula is C41H57ClN2O5S. The molecule has 0 aliphatic heterocycles. The van der Waals surface area contributed by atoms with Gasteiger partial charge in [0.25, 0.3) is 5.89 Å². The van der Waals surface area contributed by atoms with E-state index in [-0.39, 0.29) is 39.6 Å². The van der Waals surface area contributed by atoms with Crippen LogP contribution in [0.25, 0.3) is 10.8 Å². The molecule has 7 rings (SSSR count). The van der Waals surface area contributed by atoms with Crippen molar-refractivity contribution in [2.45, 2.75) is 144 Å². The molecule has 0 saturated heterocycles. The Balaban J connectivity index is 1.19. The van der Waals surface area contributed by atoms with Gasteiger partial charge >= 0.3 is 11.9 Å². The van der Waals surface area contributed by atoms with Gasteiger partial charge in [0.1, 0.15) is 6.10 Å². The van der Waals surface area contributed by atoms with Gasteiger partial charge in [-0.2, -0.15) is 0 Å². The molecule has 9 heteroatoms. The number of ether oxygens (including phenoxy) is 1. The first-order chi connectivity index (χ1) is 23.3. The first-order valence-corrected chi connectivity index (χ1v) is 20.3. The number of esters is 1. The van der Waals surface area contributed by atoms with E-state index in [0.29, 0.717) is 29.6 Å². The maximum absolute atomic E-state index is 13.1. The quantitative estimate of drug-likeness (QED) is 0.224. The number of hydrogen-bond acceptors (Lipinski definition) is 7. The predicted octanol–water partition coefficient (Wildman–Crippen LogP) is 10.9. The van der Waals surface area contributed by atoms with Crippen LogP contribution in [0.3, 0.4) is 0 Å². The fraction of sp³-hybridized carbons (Fsp3) is 0.756. The Bertz CT molecular complexity index is 1720. The highest BCUT2D eigenvalue weighted by Crippen LogP contribution is 2.77. The highest BCUT2D eigenvalue weighted by atomic mass is 35.5. The molecule has 2 aromatic rings. The zero-order valence-electron chi connectivity index (χ0n) is 31.6. The molecule has 5 aliphatic carbocycles. The van der Waals surface area contributed by atoms with Crippen LogP contribution in [0.1, 0.15) is 139 Å². The molecule has 0 amide bonds. The van der Waals surface area contributed by atoms with Crippen LogP contribution in [-0.2, 0) is 19.7 Å². The average Bonchev–Trinajstić information content (AvgIpc) is 3.77. The van der Waals surface area contributed by atoms with E-state index in [9.17, 15) is 14.7 Å². The van der Waals surface area contributed by atoms with Gasteiger partial charge in [-0.3, -0.25) is 9.59 Å². The van der Waals surface area contributed by atoms with Gasteiger partial charge in [0.2, 0.25) is 5.89 Å². The maximum Gasteiger partial charge on any atom is 0.309 e. The molecule has 2 aromatic heterocycles. The van der Waals surface area contributed by atoms with Crippen molar-refractivity contribution in [1.82, 2.24) is 10.2 Å². The molecule has 8 unspecified atom stereocenters. The van der Waals surface area contributed by atoms with Gasteiger partial charge in [-0.05, 0) is 130 Å². The van der Waals surface area contributed by atoms with Crippen molar-refractivity contribution in [2.24, 2.45) is 50.7 Å². The van der Waals surface area contributed by atoms with Crippen LogP contribution >= 0.6 is 22.9 Å². The molecule has 0 aromatic carbocycles. The molecule has 8 atom stereocenters. The Morgan fingerprint density at radius 2 is 1.72 bits per heavy atom. The van der Waals surface area contributed by atoms with Crippen molar-refractivity contribution in [3.63, 3.8) is 0 Å².